The van der Waals surface area contributed by atoms with E-state index in [-0.39, 0.29) is 6.42 Å². The highest BCUT2D eigenvalue weighted by atomic mass is 16.4. The third-order valence-electron chi connectivity index (χ3n) is 3.53. The fourth-order valence-electron chi connectivity index (χ4n) is 1.97. The van der Waals surface area contributed by atoms with Crippen molar-refractivity contribution in [2.24, 2.45) is 0 Å². The molecule has 112 valence electrons. The fraction of sp³-hybridized carbons (Fsp3) is 0.400. The summed E-state index contributed by atoms with van der Waals surface area (Å²) in [4.78, 5) is 17.0. The van der Waals surface area contributed by atoms with E-state index in [0.29, 0.717) is 24.1 Å². The molecule has 0 bridgehead atoms. The highest BCUT2D eigenvalue weighted by Crippen LogP contribution is 2.21. The number of carboxylic acids is 1. The van der Waals surface area contributed by atoms with Crippen molar-refractivity contribution < 1.29 is 9.90 Å². The van der Waals surface area contributed by atoms with E-state index in [4.69, 9.17) is 5.11 Å². The number of aliphatic carboxylic acids is 1. The lowest BCUT2D eigenvalue weighted by Crippen LogP contribution is -2.16. The van der Waals surface area contributed by atoms with E-state index < -0.39 is 5.97 Å². The van der Waals surface area contributed by atoms with Crippen molar-refractivity contribution in [3.63, 3.8) is 0 Å². The van der Waals surface area contributed by atoms with Gasteiger partial charge in [0.25, 0.3) is 0 Å². The summed E-state index contributed by atoms with van der Waals surface area (Å²) in [5.74, 6) is 0.354. The predicted octanol–water partition coefficient (Wildman–Crippen LogP) is 2.11. The van der Waals surface area contributed by atoms with Gasteiger partial charge in [-0.3, -0.25) is 9.89 Å². The van der Waals surface area contributed by atoms with Gasteiger partial charge in [0.1, 0.15) is 5.82 Å². The van der Waals surface area contributed by atoms with Crippen LogP contribution in [0.4, 0.5) is 0 Å². The van der Waals surface area contributed by atoms with Crippen LogP contribution in [0.1, 0.15) is 30.8 Å². The van der Waals surface area contributed by atoms with Crippen LogP contribution in [0.2, 0.25) is 0 Å². The Morgan fingerprint density at radius 2 is 2.00 bits per heavy atom. The van der Waals surface area contributed by atoms with Crippen molar-refractivity contribution >= 4 is 5.97 Å². The molecule has 1 aromatic carbocycles. The van der Waals surface area contributed by atoms with Crippen LogP contribution in [0, 0.1) is 0 Å². The van der Waals surface area contributed by atoms with Crippen LogP contribution >= 0.6 is 0 Å². The van der Waals surface area contributed by atoms with Gasteiger partial charge in [0.2, 0.25) is 0 Å². The fourth-order valence-corrected chi connectivity index (χ4v) is 1.97. The first-order valence-electron chi connectivity index (χ1n) is 6.87. The van der Waals surface area contributed by atoms with E-state index in [1.54, 1.807) is 0 Å². The Morgan fingerprint density at radius 1 is 1.33 bits per heavy atom. The van der Waals surface area contributed by atoms with Crippen LogP contribution in [0.25, 0.3) is 11.4 Å². The van der Waals surface area contributed by atoms with E-state index in [0.717, 1.165) is 5.56 Å². The number of rotatable bonds is 6. The number of H-pyrrole nitrogens is 1. The molecule has 0 aliphatic carbocycles. The first-order valence-corrected chi connectivity index (χ1v) is 6.87. The average molecular weight is 288 g/mol. The Balaban J connectivity index is 2.10. The third kappa shape index (κ3) is 3.88. The molecular weight excluding hydrogens is 268 g/mol. The monoisotopic (exact) mass is 288 g/mol. The van der Waals surface area contributed by atoms with Gasteiger partial charge in [0.05, 0.1) is 6.42 Å². The lowest BCUT2D eigenvalue weighted by atomic mass is 10.1. The number of aromatic nitrogens is 3. The Bertz CT molecular complexity index is 604. The van der Waals surface area contributed by atoms with Crippen LogP contribution < -0.4 is 0 Å². The summed E-state index contributed by atoms with van der Waals surface area (Å²) in [6, 6.07) is 8.44. The van der Waals surface area contributed by atoms with Gasteiger partial charge in [0, 0.05) is 18.0 Å². The number of hydrogen-bond acceptors (Lipinski definition) is 4. The quantitative estimate of drug-likeness (QED) is 0.850. The molecule has 1 heterocycles. The molecule has 0 saturated heterocycles. The Labute approximate surface area is 123 Å². The van der Waals surface area contributed by atoms with Gasteiger partial charge >= 0.3 is 5.97 Å². The Kier molecular flexibility index (Phi) is 4.70. The topological polar surface area (TPSA) is 82.1 Å². The SMILES string of the molecule is CC(c1ccc(-c2n[nH]c(CCC(=O)O)n2)cc1)N(C)C. The summed E-state index contributed by atoms with van der Waals surface area (Å²) >= 11 is 0. The van der Waals surface area contributed by atoms with Crippen molar-refractivity contribution in [1.82, 2.24) is 20.1 Å². The second-order valence-electron chi connectivity index (χ2n) is 5.26. The van der Waals surface area contributed by atoms with Crippen molar-refractivity contribution in [3.05, 3.63) is 35.7 Å². The lowest BCUT2D eigenvalue weighted by Gasteiger charge is -2.20. The summed E-state index contributed by atoms with van der Waals surface area (Å²) in [7, 11) is 4.09. The molecule has 0 aliphatic rings. The number of carboxylic acid groups (broad SMARTS) is 1. The number of carbonyl (C=O) groups is 1. The lowest BCUT2D eigenvalue weighted by molar-refractivity contribution is -0.137. The van der Waals surface area contributed by atoms with Crippen molar-refractivity contribution in [2.75, 3.05) is 14.1 Å². The second-order valence-corrected chi connectivity index (χ2v) is 5.26. The van der Waals surface area contributed by atoms with E-state index in [2.05, 4.69) is 39.1 Å². The van der Waals surface area contributed by atoms with Crippen LogP contribution in [-0.4, -0.2) is 45.3 Å². The molecule has 6 nitrogen and oxygen atoms in total. The number of aryl methyl sites for hydroxylation is 1. The second kappa shape index (κ2) is 6.49. The zero-order valence-electron chi connectivity index (χ0n) is 12.5. The van der Waals surface area contributed by atoms with Crippen LogP contribution in [0.3, 0.4) is 0 Å². The Morgan fingerprint density at radius 3 is 2.57 bits per heavy atom. The molecule has 6 heteroatoms. The molecule has 1 unspecified atom stereocenters. The molecule has 0 radical (unpaired) electrons. The van der Waals surface area contributed by atoms with E-state index in [1.807, 2.05) is 26.2 Å². The molecule has 2 aromatic rings. The Hall–Kier alpha value is -2.21. The van der Waals surface area contributed by atoms with Gasteiger partial charge in [-0.1, -0.05) is 24.3 Å². The van der Waals surface area contributed by atoms with Crippen LogP contribution in [0.15, 0.2) is 24.3 Å². The third-order valence-corrected chi connectivity index (χ3v) is 3.53. The van der Waals surface area contributed by atoms with Gasteiger partial charge in [-0.05, 0) is 26.6 Å². The molecular formula is C15H20N4O2. The van der Waals surface area contributed by atoms with Crippen molar-refractivity contribution in [2.45, 2.75) is 25.8 Å². The summed E-state index contributed by atoms with van der Waals surface area (Å²) in [6.07, 6.45) is 0.409. The minimum absolute atomic E-state index is 0.0495. The number of nitrogens with one attached hydrogen (secondary N) is 1. The van der Waals surface area contributed by atoms with Gasteiger partial charge in [-0.2, -0.15) is 5.10 Å². The molecule has 0 spiro atoms. The summed E-state index contributed by atoms with van der Waals surface area (Å²) in [5.41, 5.74) is 2.15. The summed E-state index contributed by atoms with van der Waals surface area (Å²) < 4.78 is 0. The van der Waals surface area contributed by atoms with Gasteiger partial charge in [-0.15, -0.1) is 0 Å². The van der Waals surface area contributed by atoms with E-state index in [9.17, 15) is 4.79 Å². The largest absolute Gasteiger partial charge is 0.481 e. The molecule has 0 amide bonds. The van der Waals surface area contributed by atoms with E-state index in [1.165, 1.54) is 5.56 Å². The molecule has 0 aliphatic heterocycles. The molecule has 2 rings (SSSR count). The minimum atomic E-state index is -0.838. The molecule has 0 saturated carbocycles. The number of hydrogen-bond donors (Lipinski definition) is 2. The van der Waals surface area contributed by atoms with Crippen LogP contribution in [-0.2, 0) is 11.2 Å². The van der Waals surface area contributed by atoms with Crippen molar-refractivity contribution in [3.8, 4) is 11.4 Å². The first kappa shape index (κ1) is 15.2. The smallest absolute Gasteiger partial charge is 0.303 e. The van der Waals surface area contributed by atoms with Crippen LogP contribution in [0.5, 0.6) is 0 Å². The molecule has 21 heavy (non-hydrogen) atoms. The van der Waals surface area contributed by atoms with Gasteiger partial charge in [0.15, 0.2) is 5.82 Å². The molecule has 1 atom stereocenters. The highest BCUT2D eigenvalue weighted by Gasteiger charge is 2.10. The number of benzene rings is 1. The zero-order chi connectivity index (χ0) is 15.4. The number of nitrogens with zero attached hydrogens (tertiary/aromatic N) is 3. The maximum absolute atomic E-state index is 10.5. The number of aromatic amines is 1. The van der Waals surface area contributed by atoms with E-state index >= 15 is 0 Å². The first-order chi connectivity index (χ1) is 9.97. The zero-order valence-corrected chi connectivity index (χ0v) is 12.5. The summed E-state index contributed by atoms with van der Waals surface area (Å²) in [6.45, 7) is 2.14. The standard InChI is InChI=1S/C15H20N4O2/c1-10(19(2)3)11-4-6-12(7-5-11)15-16-13(17-18-15)8-9-14(20)21/h4-7,10H,8-9H2,1-3H3,(H,20,21)(H,16,17,18). The maximum atomic E-state index is 10.5. The van der Waals surface area contributed by atoms with Crippen molar-refractivity contribution in [1.29, 1.82) is 0 Å². The van der Waals surface area contributed by atoms with Gasteiger partial charge in [-0.25, -0.2) is 4.98 Å². The highest BCUT2D eigenvalue weighted by molar-refractivity contribution is 5.66. The van der Waals surface area contributed by atoms with Gasteiger partial charge < -0.3 is 10.0 Å². The summed E-state index contributed by atoms with van der Waals surface area (Å²) in [5, 5.41) is 15.6. The molecule has 2 N–H and O–H groups in total. The minimum Gasteiger partial charge on any atom is -0.481 e. The normalized spacial score (nSPS) is 12.6. The molecule has 1 aromatic heterocycles. The molecule has 0 fully saturated rings. The maximum Gasteiger partial charge on any atom is 0.303 e. The average Bonchev–Trinajstić information content (AvgIpc) is 2.93. The predicted molar refractivity (Wildman–Crippen MR) is 79.9 cm³/mol.